The molecule has 2 aromatic rings. The van der Waals surface area contributed by atoms with Crippen molar-refractivity contribution in [1.29, 1.82) is 0 Å². The topological polar surface area (TPSA) is 70.4 Å². The maximum absolute atomic E-state index is 12.1. The number of aromatic hydroxyl groups is 1. The molecule has 0 fully saturated rings. The number of nitrogens with one attached hydrogen (secondary N) is 1. The molecular weight excluding hydrogens is 298 g/mol. The van der Waals surface area contributed by atoms with Crippen LogP contribution in [0.5, 0.6) is 5.88 Å². The van der Waals surface area contributed by atoms with Gasteiger partial charge in [-0.15, -0.1) is 0 Å². The number of hydrogen-bond acceptors (Lipinski definition) is 4. The van der Waals surface area contributed by atoms with Crippen LogP contribution in [0.2, 0.25) is 0 Å². The summed E-state index contributed by atoms with van der Waals surface area (Å²) in [5.74, 6) is -0.208. The first-order valence-electron chi connectivity index (χ1n) is 6.64. The standard InChI is InChI=1S/C16H13N3O2S/c1-10-4-6-12(7-5-10)19-15(21)13(14(20)18-16(19)22)9-11-3-2-8-17-11/h2-9,21H,1H3,(H,18,20,22)/b11-9+. The van der Waals surface area contributed by atoms with Crippen molar-refractivity contribution in [3.8, 4) is 11.6 Å². The van der Waals surface area contributed by atoms with Crippen LogP contribution in [0.1, 0.15) is 11.1 Å². The Morgan fingerprint density at radius 3 is 2.68 bits per heavy atom. The second-order valence-electron chi connectivity index (χ2n) is 4.87. The highest BCUT2D eigenvalue weighted by Gasteiger charge is 2.13. The molecule has 2 N–H and O–H groups in total. The van der Waals surface area contributed by atoms with Crippen LogP contribution in [0.4, 0.5) is 0 Å². The number of nitrogens with zero attached hydrogens (tertiary/aromatic N) is 2. The summed E-state index contributed by atoms with van der Waals surface area (Å²) in [6, 6.07) is 7.47. The lowest BCUT2D eigenvalue weighted by Crippen LogP contribution is -2.16. The fraction of sp³-hybridized carbons (Fsp3) is 0.0625. The number of allylic oxidation sites excluding steroid dienone is 2. The zero-order valence-corrected chi connectivity index (χ0v) is 12.6. The lowest BCUT2D eigenvalue weighted by Gasteiger charge is -2.11. The molecule has 0 amide bonds. The molecule has 1 aromatic carbocycles. The van der Waals surface area contributed by atoms with Crippen molar-refractivity contribution in [2.75, 3.05) is 0 Å². The molecule has 3 rings (SSSR count). The summed E-state index contributed by atoms with van der Waals surface area (Å²) in [5, 5.41) is 10.5. The molecule has 110 valence electrons. The molecule has 0 spiro atoms. The Morgan fingerprint density at radius 1 is 1.32 bits per heavy atom. The van der Waals surface area contributed by atoms with Crippen molar-refractivity contribution in [3.63, 3.8) is 0 Å². The maximum atomic E-state index is 12.1. The highest BCUT2D eigenvalue weighted by atomic mass is 32.1. The Bertz CT molecular complexity index is 917. The molecule has 0 unspecified atom stereocenters. The summed E-state index contributed by atoms with van der Waals surface area (Å²) in [4.78, 5) is 18.7. The van der Waals surface area contributed by atoms with Crippen LogP contribution >= 0.6 is 12.2 Å². The number of benzene rings is 1. The predicted molar refractivity (Wildman–Crippen MR) is 89.2 cm³/mol. The van der Waals surface area contributed by atoms with E-state index in [1.165, 1.54) is 10.6 Å². The molecule has 6 heteroatoms. The fourth-order valence-electron chi connectivity index (χ4n) is 2.15. The maximum Gasteiger partial charge on any atom is 0.262 e. The molecule has 1 aliphatic heterocycles. The number of aliphatic imine (C=N–C) groups is 1. The predicted octanol–water partition coefficient (Wildman–Crippen LogP) is 2.89. The van der Waals surface area contributed by atoms with Gasteiger partial charge in [-0.05, 0) is 49.5 Å². The summed E-state index contributed by atoms with van der Waals surface area (Å²) in [5.41, 5.74) is 2.02. The number of H-pyrrole nitrogens is 1. The first-order chi connectivity index (χ1) is 10.6. The Labute approximate surface area is 131 Å². The van der Waals surface area contributed by atoms with Gasteiger partial charge in [-0.2, -0.15) is 0 Å². The molecule has 0 atom stereocenters. The fourth-order valence-corrected chi connectivity index (χ4v) is 2.43. The third-order valence-electron chi connectivity index (χ3n) is 3.28. The summed E-state index contributed by atoms with van der Waals surface area (Å²) < 4.78 is 1.56. The third-order valence-corrected chi connectivity index (χ3v) is 3.57. The van der Waals surface area contributed by atoms with Crippen LogP contribution in [0.3, 0.4) is 0 Å². The van der Waals surface area contributed by atoms with Gasteiger partial charge in [-0.1, -0.05) is 17.7 Å². The van der Waals surface area contributed by atoms with Crippen LogP contribution in [0, 0.1) is 11.7 Å². The normalized spacial score (nSPS) is 14.9. The van der Waals surface area contributed by atoms with Gasteiger partial charge < -0.3 is 5.11 Å². The quantitative estimate of drug-likeness (QED) is 0.838. The molecule has 0 aliphatic carbocycles. The van der Waals surface area contributed by atoms with Crippen LogP contribution in [0.25, 0.3) is 11.8 Å². The zero-order chi connectivity index (χ0) is 15.7. The van der Waals surface area contributed by atoms with Crippen LogP contribution in [-0.2, 0) is 0 Å². The van der Waals surface area contributed by atoms with Crippen molar-refractivity contribution in [1.82, 2.24) is 9.55 Å². The molecule has 0 bridgehead atoms. The van der Waals surface area contributed by atoms with Crippen molar-refractivity contribution < 1.29 is 5.11 Å². The van der Waals surface area contributed by atoms with E-state index in [4.69, 9.17) is 12.2 Å². The average Bonchev–Trinajstić information content (AvgIpc) is 2.98. The number of rotatable bonds is 2. The Hall–Kier alpha value is -2.73. The number of hydrogen-bond donors (Lipinski definition) is 2. The molecule has 5 nitrogen and oxygen atoms in total. The van der Waals surface area contributed by atoms with Crippen molar-refractivity contribution in [3.05, 3.63) is 68.4 Å². The van der Waals surface area contributed by atoms with E-state index < -0.39 is 5.56 Å². The van der Waals surface area contributed by atoms with Gasteiger partial charge in [0.15, 0.2) is 4.77 Å². The second kappa shape index (κ2) is 5.57. The van der Waals surface area contributed by atoms with Gasteiger partial charge in [-0.25, -0.2) is 0 Å². The summed E-state index contributed by atoms with van der Waals surface area (Å²) in [6.45, 7) is 1.97. The smallest absolute Gasteiger partial charge is 0.262 e. The molecule has 0 radical (unpaired) electrons. The molecule has 1 aliphatic rings. The minimum Gasteiger partial charge on any atom is -0.494 e. The van der Waals surface area contributed by atoms with Crippen molar-refractivity contribution in [2.45, 2.75) is 6.92 Å². The van der Waals surface area contributed by atoms with Gasteiger partial charge in [0.2, 0.25) is 5.88 Å². The number of aryl methyl sites for hydroxylation is 1. The third kappa shape index (κ3) is 2.56. The van der Waals surface area contributed by atoms with Crippen LogP contribution in [0.15, 0.2) is 51.9 Å². The molecule has 0 saturated heterocycles. The van der Waals surface area contributed by atoms with Crippen molar-refractivity contribution in [2.24, 2.45) is 4.99 Å². The van der Waals surface area contributed by atoms with Gasteiger partial charge >= 0.3 is 0 Å². The average molecular weight is 311 g/mol. The second-order valence-corrected chi connectivity index (χ2v) is 5.26. The van der Waals surface area contributed by atoms with E-state index in [0.29, 0.717) is 11.4 Å². The van der Waals surface area contributed by atoms with E-state index in [0.717, 1.165) is 5.56 Å². The minimum absolute atomic E-state index is 0.118. The lowest BCUT2D eigenvalue weighted by atomic mass is 10.2. The van der Waals surface area contributed by atoms with E-state index in [9.17, 15) is 9.90 Å². The number of aromatic amines is 1. The van der Waals surface area contributed by atoms with E-state index in [1.54, 1.807) is 18.4 Å². The largest absolute Gasteiger partial charge is 0.494 e. The SMILES string of the molecule is Cc1ccc(-n2c(O)c(/C=C3\C=CC=N3)c(=O)[nH]c2=S)cc1. The van der Waals surface area contributed by atoms with E-state index in [-0.39, 0.29) is 16.2 Å². The highest BCUT2D eigenvalue weighted by Crippen LogP contribution is 2.22. The van der Waals surface area contributed by atoms with E-state index >= 15 is 0 Å². The Kier molecular flexibility index (Phi) is 3.60. The summed E-state index contributed by atoms with van der Waals surface area (Å²) in [6.07, 6.45) is 6.64. The van der Waals surface area contributed by atoms with Gasteiger partial charge in [0.25, 0.3) is 5.56 Å². The number of aromatic nitrogens is 2. The zero-order valence-electron chi connectivity index (χ0n) is 11.8. The van der Waals surface area contributed by atoms with Gasteiger partial charge in [0, 0.05) is 6.21 Å². The van der Waals surface area contributed by atoms with Gasteiger partial charge in [-0.3, -0.25) is 19.3 Å². The summed E-state index contributed by atoms with van der Waals surface area (Å²) in [7, 11) is 0. The van der Waals surface area contributed by atoms with Crippen LogP contribution < -0.4 is 5.56 Å². The van der Waals surface area contributed by atoms with Crippen molar-refractivity contribution >= 4 is 24.5 Å². The molecule has 1 aromatic heterocycles. The van der Waals surface area contributed by atoms with Gasteiger partial charge in [0.05, 0.1) is 11.4 Å². The molecular formula is C16H13N3O2S. The van der Waals surface area contributed by atoms with E-state index in [1.807, 2.05) is 31.2 Å². The van der Waals surface area contributed by atoms with E-state index in [2.05, 4.69) is 9.98 Å². The Morgan fingerprint density at radius 2 is 2.05 bits per heavy atom. The monoisotopic (exact) mass is 311 g/mol. The summed E-state index contributed by atoms with van der Waals surface area (Å²) >= 11 is 5.17. The van der Waals surface area contributed by atoms with Gasteiger partial charge in [0.1, 0.15) is 5.56 Å². The Balaban J connectivity index is 2.24. The molecule has 2 heterocycles. The minimum atomic E-state index is -0.450. The first-order valence-corrected chi connectivity index (χ1v) is 7.05. The van der Waals surface area contributed by atoms with Crippen LogP contribution in [-0.4, -0.2) is 20.9 Å². The lowest BCUT2D eigenvalue weighted by molar-refractivity contribution is 0.432. The molecule has 0 saturated carbocycles. The highest BCUT2D eigenvalue weighted by molar-refractivity contribution is 7.71. The molecule has 22 heavy (non-hydrogen) atoms. The first kappa shape index (κ1) is 14.2.